The number of hydrogen-bond acceptors (Lipinski definition) is 6. The number of para-hydroxylation sites is 2. The van der Waals surface area contributed by atoms with Crippen molar-refractivity contribution >= 4 is 23.3 Å². The molecule has 0 spiro atoms. The number of esters is 1. The Morgan fingerprint density at radius 3 is 2.86 bits per heavy atom. The number of anilines is 1. The maximum Gasteiger partial charge on any atom is 0.323 e. The summed E-state index contributed by atoms with van der Waals surface area (Å²) < 4.78 is 4.71. The smallest absolute Gasteiger partial charge is 0.323 e. The second-order valence-corrected chi connectivity index (χ2v) is 4.97. The zero-order valence-electron chi connectivity index (χ0n) is 12.2. The van der Waals surface area contributed by atoms with E-state index >= 15 is 0 Å². The molecule has 1 aromatic rings. The summed E-state index contributed by atoms with van der Waals surface area (Å²) in [5, 5.41) is 13.4. The van der Waals surface area contributed by atoms with Crippen molar-refractivity contribution in [2.24, 2.45) is 0 Å². The molecule has 1 unspecified atom stereocenters. The van der Waals surface area contributed by atoms with Crippen LogP contribution in [0.4, 0.5) is 11.4 Å². The SMILES string of the molecule is COC(=O)C1CCCN1CC(=O)Nc1ccccc1[N+](=O)[O-]. The number of nitrogens with zero attached hydrogens (tertiary/aromatic N) is 2. The minimum absolute atomic E-state index is 0.00812. The standard InChI is InChI=1S/C14H17N3O5/c1-22-14(19)12-7-4-8-16(12)9-13(18)15-10-5-2-3-6-11(10)17(20)21/h2-3,5-6,12H,4,7-9H2,1H3,(H,15,18). The Kier molecular flexibility index (Phi) is 5.05. The molecular formula is C14H17N3O5. The summed E-state index contributed by atoms with van der Waals surface area (Å²) in [5.74, 6) is -0.763. The van der Waals surface area contributed by atoms with Gasteiger partial charge in [0, 0.05) is 6.07 Å². The lowest BCUT2D eigenvalue weighted by atomic mass is 10.2. The van der Waals surface area contributed by atoms with Crippen molar-refractivity contribution in [2.45, 2.75) is 18.9 Å². The lowest BCUT2D eigenvalue weighted by Gasteiger charge is -2.21. The predicted octanol–water partition coefficient (Wildman–Crippen LogP) is 1.17. The van der Waals surface area contributed by atoms with Crippen LogP contribution in [0, 0.1) is 10.1 Å². The molecule has 8 heteroatoms. The number of carbonyl (C=O) groups excluding carboxylic acids is 2. The van der Waals surface area contributed by atoms with E-state index in [1.54, 1.807) is 11.0 Å². The molecule has 0 bridgehead atoms. The highest BCUT2D eigenvalue weighted by Crippen LogP contribution is 2.23. The second kappa shape index (κ2) is 6.99. The molecule has 0 radical (unpaired) electrons. The van der Waals surface area contributed by atoms with E-state index in [4.69, 9.17) is 4.74 Å². The fourth-order valence-corrected chi connectivity index (χ4v) is 2.53. The van der Waals surface area contributed by atoms with Gasteiger partial charge in [0.1, 0.15) is 11.7 Å². The Morgan fingerprint density at radius 2 is 2.18 bits per heavy atom. The van der Waals surface area contributed by atoms with Crippen molar-refractivity contribution in [3.63, 3.8) is 0 Å². The van der Waals surface area contributed by atoms with Gasteiger partial charge in [0.2, 0.25) is 5.91 Å². The van der Waals surface area contributed by atoms with E-state index in [2.05, 4.69) is 5.32 Å². The van der Waals surface area contributed by atoms with E-state index in [9.17, 15) is 19.7 Å². The Balaban J connectivity index is 2.02. The molecule has 1 heterocycles. The highest BCUT2D eigenvalue weighted by Gasteiger charge is 2.32. The summed E-state index contributed by atoms with van der Waals surface area (Å²) in [6.07, 6.45) is 1.45. The highest BCUT2D eigenvalue weighted by atomic mass is 16.6. The third-order valence-electron chi connectivity index (χ3n) is 3.56. The van der Waals surface area contributed by atoms with E-state index < -0.39 is 16.9 Å². The van der Waals surface area contributed by atoms with Crippen molar-refractivity contribution in [1.82, 2.24) is 4.90 Å². The number of nitro groups is 1. The van der Waals surface area contributed by atoms with Crippen LogP contribution in [0.25, 0.3) is 0 Å². The van der Waals surface area contributed by atoms with Gasteiger partial charge >= 0.3 is 5.97 Å². The second-order valence-electron chi connectivity index (χ2n) is 4.97. The number of methoxy groups -OCH3 is 1. The summed E-state index contributed by atoms with van der Waals surface area (Å²) in [6, 6.07) is 5.50. The summed E-state index contributed by atoms with van der Waals surface area (Å²) in [5.41, 5.74) is -0.0203. The number of nitro benzene ring substituents is 1. The van der Waals surface area contributed by atoms with Gasteiger partial charge in [-0.1, -0.05) is 12.1 Å². The van der Waals surface area contributed by atoms with Crippen LogP contribution in [0.2, 0.25) is 0 Å². The van der Waals surface area contributed by atoms with Crippen LogP contribution in [0.1, 0.15) is 12.8 Å². The first-order valence-corrected chi connectivity index (χ1v) is 6.88. The number of amides is 1. The third-order valence-corrected chi connectivity index (χ3v) is 3.56. The van der Waals surface area contributed by atoms with Crippen LogP contribution in [0.3, 0.4) is 0 Å². The van der Waals surface area contributed by atoms with E-state index in [-0.39, 0.29) is 23.9 Å². The molecule has 1 saturated heterocycles. The van der Waals surface area contributed by atoms with Crippen molar-refractivity contribution in [3.8, 4) is 0 Å². The molecule has 1 aliphatic heterocycles. The number of hydrogen-bond donors (Lipinski definition) is 1. The molecule has 0 aliphatic carbocycles. The van der Waals surface area contributed by atoms with E-state index in [0.29, 0.717) is 13.0 Å². The molecule has 8 nitrogen and oxygen atoms in total. The van der Waals surface area contributed by atoms with Crippen LogP contribution >= 0.6 is 0 Å². The molecular weight excluding hydrogens is 290 g/mol. The Bertz CT molecular complexity index is 590. The van der Waals surface area contributed by atoms with Gasteiger partial charge in [0.25, 0.3) is 5.69 Å². The molecule has 118 valence electrons. The minimum atomic E-state index is -0.553. The molecule has 1 amide bonds. The molecule has 1 fully saturated rings. The Hall–Kier alpha value is -2.48. The fourth-order valence-electron chi connectivity index (χ4n) is 2.53. The van der Waals surface area contributed by atoms with Gasteiger partial charge in [0.05, 0.1) is 18.6 Å². The molecule has 22 heavy (non-hydrogen) atoms. The molecule has 0 saturated carbocycles. The number of benzene rings is 1. The van der Waals surface area contributed by atoms with Gasteiger partial charge in [-0.2, -0.15) is 0 Å². The zero-order chi connectivity index (χ0) is 16.1. The molecule has 1 aliphatic rings. The van der Waals surface area contributed by atoms with Gasteiger partial charge in [-0.25, -0.2) is 0 Å². The van der Waals surface area contributed by atoms with Gasteiger partial charge in [-0.15, -0.1) is 0 Å². The fraction of sp³-hybridized carbons (Fsp3) is 0.429. The molecule has 1 aromatic carbocycles. The topological polar surface area (TPSA) is 102 Å². The van der Waals surface area contributed by atoms with Crippen LogP contribution in [-0.4, -0.2) is 47.9 Å². The number of ether oxygens (including phenoxy) is 1. The first-order valence-electron chi connectivity index (χ1n) is 6.88. The normalized spacial score (nSPS) is 18.0. The first-order chi connectivity index (χ1) is 10.5. The first kappa shape index (κ1) is 15.9. The lowest BCUT2D eigenvalue weighted by molar-refractivity contribution is -0.383. The van der Waals surface area contributed by atoms with Crippen molar-refractivity contribution in [2.75, 3.05) is 25.5 Å². The number of nitrogens with one attached hydrogen (secondary N) is 1. The summed E-state index contributed by atoms with van der Waals surface area (Å²) >= 11 is 0. The summed E-state index contributed by atoms with van der Waals surface area (Å²) in [4.78, 5) is 35.8. The van der Waals surface area contributed by atoms with E-state index in [0.717, 1.165) is 6.42 Å². The molecule has 0 aromatic heterocycles. The number of likely N-dealkylation sites (tertiary alicyclic amines) is 1. The quantitative estimate of drug-likeness (QED) is 0.498. The number of rotatable bonds is 5. The largest absolute Gasteiger partial charge is 0.468 e. The van der Waals surface area contributed by atoms with E-state index in [1.807, 2.05) is 0 Å². The van der Waals surface area contributed by atoms with Gasteiger partial charge in [-0.05, 0) is 25.5 Å². The van der Waals surface area contributed by atoms with Crippen LogP contribution in [0.5, 0.6) is 0 Å². The van der Waals surface area contributed by atoms with Crippen LogP contribution in [0.15, 0.2) is 24.3 Å². The summed E-state index contributed by atoms with van der Waals surface area (Å²) in [6.45, 7) is 0.607. The molecule has 1 atom stereocenters. The predicted molar refractivity (Wildman–Crippen MR) is 78.3 cm³/mol. The maximum atomic E-state index is 12.1. The summed E-state index contributed by atoms with van der Waals surface area (Å²) in [7, 11) is 1.31. The maximum absolute atomic E-state index is 12.1. The average Bonchev–Trinajstić information content (AvgIpc) is 2.94. The van der Waals surface area contributed by atoms with Gasteiger partial charge < -0.3 is 10.1 Å². The molecule has 2 rings (SSSR count). The number of carbonyl (C=O) groups is 2. The van der Waals surface area contributed by atoms with Crippen molar-refractivity contribution in [1.29, 1.82) is 0 Å². The van der Waals surface area contributed by atoms with Gasteiger partial charge in [-0.3, -0.25) is 24.6 Å². The Labute approximate surface area is 127 Å². The van der Waals surface area contributed by atoms with Crippen LogP contribution < -0.4 is 5.32 Å². The minimum Gasteiger partial charge on any atom is -0.468 e. The van der Waals surface area contributed by atoms with Crippen molar-refractivity contribution in [3.05, 3.63) is 34.4 Å². The van der Waals surface area contributed by atoms with E-state index in [1.165, 1.54) is 25.3 Å². The monoisotopic (exact) mass is 307 g/mol. The zero-order valence-corrected chi connectivity index (χ0v) is 12.2. The average molecular weight is 307 g/mol. The Morgan fingerprint density at radius 1 is 1.45 bits per heavy atom. The van der Waals surface area contributed by atoms with Crippen LogP contribution in [-0.2, 0) is 14.3 Å². The van der Waals surface area contributed by atoms with Gasteiger partial charge in [0.15, 0.2) is 0 Å². The molecule has 1 N–H and O–H groups in total. The van der Waals surface area contributed by atoms with Crippen molar-refractivity contribution < 1.29 is 19.2 Å². The lowest BCUT2D eigenvalue weighted by Crippen LogP contribution is -2.41. The third kappa shape index (κ3) is 3.59. The highest BCUT2D eigenvalue weighted by molar-refractivity contribution is 5.94.